The lowest BCUT2D eigenvalue weighted by molar-refractivity contribution is 0.0949. The van der Waals surface area contributed by atoms with Gasteiger partial charge in [0, 0.05) is 30.1 Å². The summed E-state index contributed by atoms with van der Waals surface area (Å²) in [5, 5.41) is 8.39. The van der Waals surface area contributed by atoms with Crippen LogP contribution in [0.3, 0.4) is 0 Å². The van der Waals surface area contributed by atoms with E-state index >= 15 is 0 Å². The molecule has 0 spiro atoms. The first-order chi connectivity index (χ1) is 16.1. The minimum Gasteiger partial charge on any atom is -0.352 e. The lowest BCUT2D eigenvalue weighted by Gasteiger charge is -2.08. The van der Waals surface area contributed by atoms with Crippen LogP contribution < -0.4 is 5.32 Å². The molecule has 5 aromatic rings. The van der Waals surface area contributed by atoms with Gasteiger partial charge in [0.2, 0.25) is 0 Å². The molecule has 5 rings (SSSR count). The average molecular weight is 440 g/mol. The normalized spacial score (nSPS) is 11.2. The van der Waals surface area contributed by atoms with E-state index in [9.17, 15) is 9.18 Å². The third-order valence-corrected chi connectivity index (χ3v) is 5.40. The first-order valence-corrected chi connectivity index (χ1v) is 10.7. The van der Waals surface area contributed by atoms with Gasteiger partial charge >= 0.3 is 0 Å². The van der Waals surface area contributed by atoms with E-state index in [1.54, 1.807) is 29.2 Å². The van der Waals surface area contributed by atoms with E-state index in [4.69, 9.17) is 0 Å². The number of hydrogen-bond donors (Lipinski definition) is 1. The summed E-state index contributed by atoms with van der Waals surface area (Å²) in [6, 6.07) is 14.5. The summed E-state index contributed by atoms with van der Waals surface area (Å²) in [6.45, 7) is 2.44. The zero-order valence-electron chi connectivity index (χ0n) is 18.0. The maximum Gasteiger partial charge on any atom is 0.254 e. The van der Waals surface area contributed by atoms with Gasteiger partial charge in [-0.3, -0.25) is 9.78 Å². The highest BCUT2D eigenvalue weighted by Crippen LogP contribution is 2.21. The fraction of sp³-hybridized carbons (Fsp3) is 0.160. The van der Waals surface area contributed by atoms with Gasteiger partial charge in [0.25, 0.3) is 11.7 Å². The standard InChI is InChI=1S/C25H21FN6O/c1-2-9-28-24(33)20-7-6-18(13-21(20)26)23-15-30-25-29-14-19(32(25)31-23)12-16-5-8-22-17(11-16)4-3-10-27-22/h3-8,10-11,13-15H,2,9,12H2,1H3,(H,28,33). The molecular formula is C25H21FN6O. The number of nitrogens with zero attached hydrogens (tertiary/aromatic N) is 5. The number of pyridine rings is 1. The minimum absolute atomic E-state index is 0.00958. The monoisotopic (exact) mass is 440 g/mol. The van der Waals surface area contributed by atoms with Gasteiger partial charge in [-0.2, -0.15) is 5.10 Å². The maximum atomic E-state index is 14.6. The molecule has 8 heteroatoms. The zero-order chi connectivity index (χ0) is 22.8. The van der Waals surface area contributed by atoms with Crippen molar-refractivity contribution < 1.29 is 9.18 Å². The number of nitrogens with one attached hydrogen (secondary N) is 1. The van der Waals surface area contributed by atoms with Gasteiger partial charge in [-0.1, -0.05) is 25.1 Å². The van der Waals surface area contributed by atoms with Crippen molar-refractivity contribution in [2.75, 3.05) is 6.54 Å². The molecule has 0 aliphatic rings. The van der Waals surface area contributed by atoms with Crippen LogP contribution in [0.2, 0.25) is 0 Å². The molecule has 0 unspecified atom stereocenters. The van der Waals surface area contributed by atoms with E-state index in [-0.39, 0.29) is 5.56 Å². The van der Waals surface area contributed by atoms with E-state index in [0.29, 0.717) is 30.0 Å². The molecule has 164 valence electrons. The Morgan fingerprint density at radius 2 is 1.94 bits per heavy atom. The van der Waals surface area contributed by atoms with Crippen LogP contribution in [0.15, 0.2) is 67.1 Å². The smallest absolute Gasteiger partial charge is 0.254 e. The molecule has 0 saturated heterocycles. The fourth-order valence-corrected chi connectivity index (χ4v) is 3.71. The van der Waals surface area contributed by atoms with E-state index < -0.39 is 11.7 Å². The largest absolute Gasteiger partial charge is 0.352 e. The van der Waals surface area contributed by atoms with Crippen molar-refractivity contribution in [1.29, 1.82) is 0 Å². The van der Waals surface area contributed by atoms with Gasteiger partial charge in [0.1, 0.15) is 11.5 Å². The predicted octanol–water partition coefficient (Wildman–Crippen LogP) is 4.21. The van der Waals surface area contributed by atoms with E-state index in [0.717, 1.165) is 28.6 Å². The Hall–Kier alpha value is -4.20. The van der Waals surface area contributed by atoms with Gasteiger partial charge in [-0.15, -0.1) is 0 Å². The van der Waals surface area contributed by atoms with Crippen molar-refractivity contribution in [2.24, 2.45) is 0 Å². The fourth-order valence-electron chi connectivity index (χ4n) is 3.71. The van der Waals surface area contributed by atoms with Crippen molar-refractivity contribution in [3.05, 3.63) is 89.8 Å². The number of rotatable bonds is 6. The summed E-state index contributed by atoms with van der Waals surface area (Å²) < 4.78 is 16.3. The van der Waals surface area contributed by atoms with Gasteiger partial charge in [0.05, 0.1) is 29.2 Å². The molecule has 0 atom stereocenters. The summed E-state index contributed by atoms with van der Waals surface area (Å²) in [5.74, 6) is -0.559. The predicted molar refractivity (Wildman–Crippen MR) is 123 cm³/mol. The van der Waals surface area contributed by atoms with Crippen LogP contribution in [0.1, 0.15) is 35.0 Å². The Morgan fingerprint density at radius 1 is 1.06 bits per heavy atom. The summed E-state index contributed by atoms with van der Waals surface area (Å²) >= 11 is 0. The molecule has 3 aromatic heterocycles. The third kappa shape index (κ3) is 4.15. The van der Waals surface area contributed by atoms with E-state index in [1.165, 1.54) is 12.1 Å². The van der Waals surface area contributed by atoms with Crippen molar-refractivity contribution >= 4 is 22.6 Å². The maximum absolute atomic E-state index is 14.6. The Bertz CT molecular complexity index is 1480. The number of halogens is 1. The first-order valence-electron chi connectivity index (χ1n) is 10.7. The molecule has 0 radical (unpaired) electrons. The van der Waals surface area contributed by atoms with Gasteiger partial charge in [-0.05, 0) is 42.3 Å². The number of benzene rings is 2. The van der Waals surface area contributed by atoms with Crippen LogP contribution in [0, 0.1) is 5.82 Å². The van der Waals surface area contributed by atoms with Crippen LogP contribution in [0.25, 0.3) is 27.9 Å². The molecule has 0 bridgehead atoms. The molecule has 33 heavy (non-hydrogen) atoms. The summed E-state index contributed by atoms with van der Waals surface area (Å²) in [5.41, 5.74) is 3.93. The molecule has 3 heterocycles. The molecular weight excluding hydrogens is 419 g/mol. The number of imidazole rings is 1. The zero-order valence-corrected chi connectivity index (χ0v) is 18.0. The second kappa shape index (κ2) is 8.74. The van der Waals surface area contributed by atoms with Crippen molar-refractivity contribution in [1.82, 2.24) is 29.9 Å². The van der Waals surface area contributed by atoms with Crippen LogP contribution in [0.5, 0.6) is 0 Å². The van der Waals surface area contributed by atoms with Crippen LogP contribution >= 0.6 is 0 Å². The number of carbonyl (C=O) groups is 1. The molecule has 2 aromatic carbocycles. The second-order valence-corrected chi connectivity index (χ2v) is 7.76. The van der Waals surface area contributed by atoms with Crippen molar-refractivity contribution in [2.45, 2.75) is 19.8 Å². The quantitative estimate of drug-likeness (QED) is 0.428. The third-order valence-electron chi connectivity index (χ3n) is 5.40. The second-order valence-electron chi connectivity index (χ2n) is 7.76. The SMILES string of the molecule is CCCNC(=O)c1ccc(-c2cnc3ncc(Cc4ccc5ncccc5c4)n3n2)cc1F. The molecule has 1 N–H and O–H groups in total. The number of aromatic nitrogens is 5. The minimum atomic E-state index is -0.598. The molecule has 7 nitrogen and oxygen atoms in total. The summed E-state index contributed by atoms with van der Waals surface area (Å²) in [6.07, 6.45) is 6.46. The Kier molecular flexibility index (Phi) is 5.48. The highest BCUT2D eigenvalue weighted by molar-refractivity contribution is 5.94. The Balaban J connectivity index is 1.45. The van der Waals surface area contributed by atoms with Gasteiger partial charge < -0.3 is 5.32 Å². The topological polar surface area (TPSA) is 85.1 Å². The Labute approximate surface area is 189 Å². The molecule has 0 aliphatic carbocycles. The van der Waals surface area contributed by atoms with Crippen molar-refractivity contribution in [3.63, 3.8) is 0 Å². The lowest BCUT2D eigenvalue weighted by Crippen LogP contribution is -2.24. The Morgan fingerprint density at radius 3 is 2.79 bits per heavy atom. The average Bonchev–Trinajstić information content (AvgIpc) is 3.24. The van der Waals surface area contributed by atoms with Gasteiger partial charge in [-0.25, -0.2) is 18.9 Å². The molecule has 1 amide bonds. The lowest BCUT2D eigenvalue weighted by atomic mass is 10.1. The van der Waals surface area contributed by atoms with E-state index in [1.807, 2.05) is 31.2 Å². The van der Waals surface area contributed by atoms with Gasteiger partial charge in [0.15, 0.2) is 0 Å². The number of amides is 1. The summed E-state index contributed by atoms with van der Waals surface area (Å²) in [7, 11) is 0. The number of carbonyl (C=O) groups excluding carboxylic acids is 1. The molecule has 0 fully saturated rings. The highest BCUT2D eigenvalue weighted by Gasteiger charge is 2.14. The van der Waals surface area contributed by atoms with Crippen LogP contribution in [-0.4, -0.2) is 37.0 Å². The summed E-state index contributed by atoms with van der Waals surface area (Å²) in [4.78, 5) is 25.2. The van der Waals surface area contributed by atoms with E-state index in [2.05, 4.69) is 31.4 Å². The van der Waals surface area contributed by atoms with Crippen molar-refractivity contribution in [3.8, 4) is 11.3 Å². The number of fused-ring (bicyclic) bond motifs is 2. The molecule has 0 saturated carbocycles. The number of hydrogen-bond acceptors (Lipinski definition) is 5. The van der Waals surface area contributed by atoms with Crippen LogP contribution in [0.4, 0.5) is 4.39 Å². The molecule has 0 aliphatic heterocycles. The van der Waals surface area contributed by atoms with Crippen LogP contribution in [-0.2, 0) is 6.42 Å². The highest BCUT2D eigenvalue weighted by atomic mass is 19.1. The first kappa shape index (κ1) is 20.7.